The van der Waals surface area contributed by atoms with Crippen LogP contribution in [0.5, 0.6) is 0 Å². The summed E-state index contributed by atoms with van der Waals surface area (Å²) in [6, 6.07) is 5.08. The highest BCUT2D eigenvalue weighted by atomic mass is 19.4. The van der Waals surface area contributed by atoms with Crippen molar-refractivity contribution in [1.82, 2.24) is 5.32 Å². The lowest BCUT2D eigenvalue weighted by Crippen LogP contribution is -2.39. The molecule has 0 saturated heterocycles. The van der Waals surface area contributed by atoms with Gasteiger partial charge in [-0.3, -0.25) is 0 Å². The van der Waals surface area contributed by atoms with E-state index in [0.717, 1.165) is 43.4 Å². The molecule has 20 heavy (non-hydrogen) atoms. The maximum absolute atomic E-state index is 12.5. The first-order valence-electron chi connectivity index (χ1n) is 6.93. The van der Waals surface area contributed by atoms with Gasteiger partial charge in [-0.05, 0) is 37.5 Å². The van der Waals surface area contributed by atoms with Gasteiger partial charge in [0.2, 0.25) is 0 Å². The van der Waals surface area contributed by atoms with Crippen molar-refractivity contribution in [2.24, 2.45) is 0 Å². The third-order valence-electron chi connectivity index (χ3n) is 4.01. The average molecular weight is 287 g/mol. The maximum atomic E-state index is 12.5. The van der Waals surface area contributed by atoms with Gasteiger partial charge >= 0.3 is 6.18 Å². The molecule has 1 unspecified atom stereocenters. The third-order valence-corrected chi connectivity index (χ3v) is 4.01. The van der Waals surface area contributed by atoms with E-state index >= 15 is 0 Å². The fraction of sp³-hybridized carbons (Fsp3) is 0.600. The molecule has 112 valence electrons. The summed E-state index contributed by atoms with van der Waals surface area (Å²) in [6.45, 7) is 2.37. The molecule has 1 saturated carbocycles. The summed E-state index contributed by atoms with van der Waals surface area (Å²) in [5.41, 5.74) is -0.498. The Morgan fingerprint density at radius 1 is 1.20 bits per heavy atom. The summed E-state index contributed by atoms with van der Waals surface area (Å²) in [6.07, 6.45) is -0.645. The molecule has 0 aromatic heterocycles. The molecule has 1 aliphatic carbocycles. The molecule has 5 heteroatoms. The van der Waals surface area contributed by atoms with Gasteiger partial charge in [0.15, 0.2) is 0 Å². The van der Waals surface area contributed by atoms with Crippen LogP contribution in [0.25, 0.3) is 0 Å². The van der Waals surface area contributed by atoms with Crippen molar-refractivity contribution in [2.45, 2.75) is 50.4 Å². The molecule has 1 atom stereocenters. The number of rotatable bonds is 4. The van der Waals surface area contributed by atoms with Crippen molar-refractivity contribution in [1.29, 1.82) is 0 Å². The van der Waals surface area contributed by atoms with Crippen LogP contribution in [0.2, 0.25) is 0 Å². The number of hydrogen-bond donors (Lipinski definition) is 2. The number of benzene rings is 1. The smallest absolute Gasteiger partial charge is 0.389 e. The molecule has 0 heterocycles. The standard InChI is InChI=1S/C15H20F3NO/c1-11(19-10-14(20)8-2-3-9-14)12-4-6-13(7-5-12)15(16,17)18/h4-7,11,19-20H,2-3,8-10H2,1H3. The van der Waals surface area contributed by atoms with Gasteiger partial charge in [-0.25, -0.2) is 0 Å². The van der Waals surface area contributed by atoms with E-state index in [1.807, 2.05) is 6.92 Å². The van der Waals surface area contributed by atoms with Crippen LogP contribution in [0.1, 0.15) is 49.8 Å². The number of alkyl halides is 3. The Bertz CT molecular complexity index is 435. The van der Waals surface area contributed by atoms with E-state index in [-0.39, 0.29) is 6.04 Å². The number of nitrogens with one attached hydrogen (secondary N) is 1. The number of hydrogen-bond acceptors (Lipinski definition) is 2. The predicted molar refractivity (Wildman–Crippen MR) is 71.3 cm³/mol. The minimum absolute atomic E-state index is 0.0816. The molecule has 0 radical (unpaired) electrons. The Morgan fingerprint density at radius 2 is 1.75 bits per heavy atom. The molecule has 0 amide bonds. The highest BCUT2D eigenvalue weighted by Crippen LogP contribution is 2.31. The van der Waals surface area contributed by atoms with Crippen molar-refractivity contribution in [3.63, 3.8) is 0 Å². The second-order valence-corrected chi connectivity index (χ2v) is 5.65. The normalized spacial score (nSPS) is 20.1. The van der Waals surface area contributed by atoms with Crippen LogP contribution < -0.4 is 5.32 Å². The van der Waals surface area contributed by atoms with Gasteiger partial charge in [0.1, 0.15) is 0 Å². The van der Waals surface area contributed by atoms with Crippen LogP contribution in [-0.4, -0.2) is 17.3 Å². The summed E-state index contributed by atoms with van der Waals surface area (Å²) in [7, 11) is 0. The Morgan fingerprint density at radius 3 is 2.25 bits per heavy atom. The van der Waals surface area contributed by atoms with Crippen molar-refractivity contribution < 1.29 is 18.3 Å². The first kappa shape index (κ1) is 15.3. The Balaban J connectivity index is 1.94. The Hall–Kier alpha value is -1.07. The predicted octanol–water partition coefficient (Wildman–Crippen LogP) is 3.66. The van der Waals surface area contributed by atoms with E-state index in [2.05, 4.69) is 5.32 Å². The summed E-state index contributed by atoms with van der Waals surface area (Å²) in [5.74, 6) is 0. The molecule has 0 spiro atoms. The lowest BCUT2D eigenvalue weighted by atomic mass is 10.0. The third kappa shape index (κ3) is 3.73. The second kappa shape index (κ2) is 5.74. The molecule has 2 N–H and O–H groups in total. The lowest BCUT2D eigenvalue weighted by molar-refractivity contribution is -0.137. The van der Waals surface area contributed by atoms with Crippen molar-refractivity contribution in [3.8, 4) is 0 Å². The van der Waals surface area contributed by atoms with Gasteiger partial charge in [0.05, 0.1) is 11.2 Å². The van der Waals surface area contributed by atoms with Gasteiger partial charge in [0.25, 0.3) is 0 Å². The topological polar surface area (TPSA) is 32.3 Å². The van der Waals surface area contributed by atoms with Crippen LogP contribution in [0, 0.1) is 0 Å². The fourth-order valence-electron chi connectivity index (χ4n) is 2.63. The van der Waals surface area contributed by atoms with Gasteiger partial charge in [-0.2, -0.15) is 13.2 Å². The van der Waals surface area contributed by atoms with Crippen LogP contribution in [0.3, 0.4) is 0 Å². The summed E-state index contributed by atoms with van der Waals surface area (Å²) in [5, 5.41) is 13.4. The summed E-state index contributed by atoms with van der Waals surface area (Å²) >= 11 is 0. The zero-order chi connectivity index (χ0) is 14.8. The molecule has 0 bridgehead atoms. The van der Waals surface area contributed by atoms with Crippen LogP contribution in [0.15, 0.2) is 24.3 Å². The quantitative estimate of drug-likeness (QED) is 0.885. The molecule has 2 nitrogen and oxygen atoms in total. The van der Waals surface area contributed by atoms with Gasteiger partial charge in [-0.1, -0.05) is 25.0 Å². The second-order valence-electron chi connectivity index (χ2n) is 5.65. The molecule has 0 aliphatic heterocycles. The van der Waals surface area contributed by atoms with E-state index in [1.165, 1.54) is 12.1 Å². The molecule has 1 fully saturated rings. The SMILES string of the molecule is CC(NCC1(O)CCCC1)c1ccc(C(F)(F)F)cc1. The Kier molecular flexibility index (Phi) is 4.39. The minimum Gasteiger partial charge on any atom is -0.389 e. The largest absolute Gasteiger partial charge is 0.416 e. The van der Waals surface area contributed by atoms with E-state index in [9.17, 15) is 18.3 Å². The minimum atomic E-state index is -4.30. The molecule has 1 aliphatic rings. The average Bonchev–Trinajstić information content (AvgIpc) is 2.83. The fourth-order valence-corrected chi connectivity index (χ4v) is 2.63. The molecule has 2 rings (SSSR count). The lowest BCUT2D eigenvalue weighted by Gasteiger charge is -2.25. The molecule has 1 aromatic rings. The highest BCUT2D eigenvalue weighted by Gasteiger charge is 2.32. The van der Waals surface area contributed by atoms with Crippen molar-refractivity contribution in [3.05, 3.63) is 35.4 Å². The monoisotopic (exact) mass is 287 g/mol. The van der Waals surface area contributed by atoms with Crippen molar-refractivity contribution >= 4 is 0 Å². The van der Waals surface area contributed by atoms with Crippen LogP contribution >= 0.6 is 0 Å². The Labute approximate surface area is 117 Å². The van der Waals surface area contributed by atoms with Crippen LogP contribution in [0.4, 0.5) is 13.2 Å². The van der Waals surface area contributed by atoms with E-state index < -0.39 is 17.3 Å². The van der Waals surface area contributed by atoms with Gasteiger partial charge in [-0.15, -0.1) is 0 Å². The zero-order valence-corrected chi connectivity index (χ0v) is 11.5. The zero-order valence-electron chi connectivity index (χ0n) is 11.5. The van der Waals surface area contributed by atoms with E-state index in [0.29, 0.717) is 6.54 Å². The van der Waals surface area contributed by atoms with Gasteiger partial charge in [0, 0.05) is 12.6 Å². The summed E-state index contributed by atoms with van der Waals surface area (Å²) in [4.78, 5) is 0. The molecular formula is C15H20F3NO. The number of aliphatic hydroxyl groups is 1. The first-order valence-corrected chi connectivity index (χ1v) is 6.93. The molecule has 1 aromatic carbocycles. The number of halogens is 3. The van der Waals surface area contributed by atoms with E-state index in [1.54, 1.807) is 0 Å². The highest BCUT2D eigenvalue weighted by molar-refractivity contribution is 5.26. The first-order chi connectivity index (χ1) is 9.30. The maximum Gasteiger partial charge on any atom is 0.416 e. The van der Waals surface area contributed by atoms with Crippen LogP contribution in [-0.2, 0) is 6.18 Å². The van der Waals surface area contributed by atoms with Gasteiger partial charge < -0.3 is 10.4 Å². The van der Waals surface area contributed by atoms with E-state index in [4.69, 9.17) is 0 Å². The summed E-state index contributed by atoms with van der Waals surface area (Å²) < 4.78 is 37.4. The van der Waals surface area contributed by atoms with Crippen molar-refractivity contribution in [2.75, 3.05) is 6.54 Å². The molecular weight excluding hydrogens is 267 g/mol.